The van der Waals surface area contributed by atoms with E-state index < -0.39 is 6.09 Å². The number of imide groups is 1. The second-order valence-corrected chi connectivity index (χ2v) is 11.9. The highest BCUT2D eigenvalue weighted by molar-refractivity contribution is 6.21. The molecule has 3 amide bonds. The summed E-state index contributed by atoms with van der Waals surface area (Å²) >= 11 is 0. The molecular weight excluding hydrogens is 528 g/mol. The smallest absolute Gasteiger partial charge is 0.411 e. The molecule has 0 atom stereocenters. The van der Waals surface area contributed by atoms with Crippen LogP contribution in [0.3, 0.4) is 0 Å². The van der Waals surface area contributed by atoms with Crippen molar-refractivity contribution >= 4 is 23.6 Å². The van der Waals surface area contributed by atoms with E-state index in [-0.39, 0.29) is 17.9 Å². The number of anilines is 1. The monoisotopic (exact) mass is 569 g/mol. The van der Waals surface area contributed by atoms with Crippen LogP contribution in [0.15, 0.2) is 78.9 Å². The molecule has 0 radical (unpaired) electrons. The fraction of sp³-hybridized carbons (Fsp3) is 0.382. The fourth-order valence-corrected chi connectivity index (χ4v) is 5.80. The number of nitrogens with one attached hydrogen (secondary N) is 1. The van der Waals surface area contributed by atoms with Crippen LogP contribution in [0.1, 0.15) is 46.4 Å². The van der Waals surface area contributed by atoms with Gasteiger partial charge in [0.15, 0.2) is 0 Å². The number of ether oxygens (including phenoxy) is 1. The first-order chi connectivity index (χ1) is 20.3. The topological polar surface area (TPSA) is 79.0 Å². The van der Waals surface area contributed by atoms with Crippen LogP contribution in [-0.2, 0) is 4.74 Å². The van der Waals surface area contributed by atoms with Gasteiger partial charge < -0.3 is 14.1 Å². The molecule has 8 nitrogen and oxygen atoms in total. The van der Waals surface area contributed by atoms with Crippen molar-refractivity contribution < 1.29 is 23.6 Å². The summed E-state index contributed by atoms with van der Waals surface area (Å²) in [6.45, 7) is 4.98. The first-order valence-electron chi connectivity index (χ1n) is 14.9. The number of carbonyl (C=O) groups is 3. The van der Waals surface area contributed by atoms with Crippen molar-refractivity contribution in [2.24, 2.45) is 0 Å². The third-order valence-corrected chi connectivity index (χ3v) is 8.35. The van der Waals surface area contributed by atoms with Gasteiger partial charge in [0, 0.05) is 18.7 Å². The van der Waals surface area contributed by atoms with Gasteiger partial charge in [-0.2, -0.15) is 0 Å². The highest BCUT2D eigenvalue weighted by Crippen LogP contribution is 2.28. The molecule has 0 unspecified atom stereocenters. The molecule has 5 rings (SSSR count). The number of hydrogen-bond acceptors (Lipinski definition) is 5. The molecule has 8 heteroatoms. The van der Waals surface area contributed by atoms with Crippen molar-refractivity contribution in [1.29, 1.82) is 0 Å². The van der Waals surface area contributed by atoms with Crippen LogP contribution >= 0.6 is 0 Å². The molecule has 42 heavy (non-hydrogen) atoms. The van der Waals surface area contributed by atoms with Crippen LogP contribution in [0.4, 0.5) is 10.5 Å². The Labute approximate surface area is 248 Å². The lowest BCUT2D eigenvalue weighted by Crippen LogP contribution is -2.47. The molecule has 3 aromatic rings. The Balaban J connectivity index is 0.985. The number of carbonyl (C=O) groups excluding carboxylic acids is 3. The van der Waals surface area contributed by atoms with Gasteiger partial charge in [-0.3, -0.25) is 19.8 Å². The van der Waals surface area contributed by atoms with Crippen LogP contribution < -0.4 is 5.32 Å². The number of fused-ring (bicyclic) bond motifs is 1. The Morgan fingerprint density at radius 3 is 2.05 bits per heavy atom. The predicted octanol–water partition coefficient (Wildman–Crippen LogP) is 5.52. The summed E-state index contributed by atoms with van der Waals surface area (Å²) in [6, 6.07) is 24.8. The lowest BCUT2D eigenvalue weighted by Gasteiger charge is -2.33. The Hall–Kier alpha value is -4.01. The molecule has 220 valence electrons. The molecule has 2 aliphatic heterocycles. The minimum absolute atomic E-state index is 0.0807. The summed E-state index contributed by atoms with van der Waals surface area (Å²) in [7, 11) is 4.31. The number of rotatable bonds is 11. The number of hydrogen-bond donors (Lipinski definition) is 1. The maximum absolute atomic E-state index is 12.7. The molecule has 0 aliphatic carbocycles. The highest BCUT2D eigenvalue weighted by Gasteiger charge is 2.36. The van der Waals surface area contributed by atoms with E-state index in [9.17, 15) is 14.4 Å². The normalized spacial score (nSPS) is 16.0. The van der Waals surface area contributed by atoms with Gasteiger partial charge in [-0.1, -0.05) is 60.7 Å². The minimum atomic E-state index is -0.405. The summed E-state index contributed by atoms with van der Waals surface area (Å²) < 4.78 is 6.53. The zero-order valence-electron chi connectivity index (χ0n) is 24.6. The average molecular weight is 570 g/mol. The van der Waals surface area contributed by atoms with Gasteiger partial charge in [0.05, 0.1) is 50.5 Å². The number of unbranched alkanes of at least 4 members (excludes halogenated alkanes) is 1. The van der Waals surface area contributed by atoms with Crippen molar-refractivity contribution in [2.45, 2.75) is 31.8 Å². The largest absolute Gasteiger partial charge is 0.446 e. The maximum atomic E-state index is 12.7. The standard InChI is InChI=1S/C34H40N4O4/c1-38(2,25-23-37-32(39)29-15-6-7-16-30(29)33(37)40)24-11-10-20-36-21-18-27(19-22-36)42-34(41)35-31-17-9-8-14-28(31)26-12-4-3-5-13-26/h3-9,12-17,27H,10-11,18-25H2,1-2H3/p+1. The van der Waals surface area contributed by atoms with Crippen LogP contribution in [-0.4, -0.2) is 91.7 Å². The first kappa shape index (κ1) is 29.5. The van der Waals surface area contributed by atoms with Crippen molar-refractivity contribution in [2.75, 3.05) is 58.7 Å². The molecule has 0 bridgehead atoms. The van der Waals surface area contributed by atoms with E-state index in [0.717, 1.165) is 79.7 Å². The molecule has 3 aromatic carbocycles. The number of likely N-dealkylation sites (tertiary alicyclic amines) is 1. The quantitative estimate of drug-likeness (QED) is 0.187. The first-order valence-corrected chi connectivity index (χ1v) is 14.9. The molecule has 2 heterocycles. The van der Waals surface area contributed by atoms with Gasteiger partial charge in [-0.05, 0) is 56.0 Å². The lowest BCUT2D eigenvalue weighted by atomic mass is 10.0. The molecule has 0 aromatic heterocycles. The summed E-state index contributed by atoms with van der Waals surface area (Å²) in [6.07, 6.45) is 3.32. The van der Waals surface area contributed by atoms with Gasteiger partial charge in [0.2, 0.25) is 0 Å². The van der Waals surface area contributed by atoms with E-state index in [2.05, 4.69) is 24.3 Å². The second-order valence-electron chi connectivity index (χ2n) is 11.9. The molecular formula is C34H41N4O4+. The molecule has 0 spiro atoms. The average Bonchev–Trinajstić information content (AvgIpc) is 3.24. The fourth-order valence-electron chi connectivity index (χ4n) is 5.80. The molecule has 1 saturated heterocycles. The van der Waals surface area contributed by atoms with Crippen LogP contribution in [0.2, 0.25) is 0 Å². The van der Waals surface area contributed by atoms with E-state index in [0.29, 0.717) is 17.7 Å². The zero-order valence-corrected chi connectivity index (χ0v) is 24.6. The third-order valence-electron chi connectivity index (χ3n) is 8.35. The third kappa shape index (κ3) is 7.24. The van der Waals surface area contributed by atoms with Gasteiger partial charge in [0.1, 0.15) is 6.10 Å². The van der Waals surface area contributed by atoms with Crippen molar-refractivity contribution in [3.05, 3.63) is 90.0 Å². The minimum Gasteiger partial charge on any atom is -0.446 e. The maximum Gasteiger partial charge on any atom is 0.411 e. The number of quaternary nitrogens is 1. The number of benzene rings is 3. The summed E-state index contributed by atoms with van der Waals surface area (Å²) in [5, 5.41) is 2.94. The highest BCUT2D eigenvalue weighted by atomic mass is 16.6. The van der Waals surface area contributed by atoms with E-state index in [1.54, 1.807) is 24.3 Å². The lowest BCUT2D eigenvalue weighted by molar-refractivity contribution is -0.889. The number of piperidine rings is 1. The zero-order chi connectivity index (χ0) is 29.5. The molecule has 1 fully saturated rings. The van der Waals surface area contributed by atoms with Crippen LogP contribution in [0, 0.1) is 0 Å². The van der Waals surface area contributed by atoms with Crippen molar-refractivity contribution in [3.63, 3.8) is 0 Å². The molecule has 2 aliphatic rings. The van der Waals surface area contributed by atoms with Crippen molar-refractivity contribution in [3.8, 4) is 11.1 Å². The predicted molar refractivity (Wildman–Crippen MR) is 164 cm³/mol. The second kappa shape index (κ2) is 13.3. The van der Waals surface area contributed by atoms with Gasteiger partial charge in [-0.15, -0.1) is 0 Å². The summed E-state index contributed by atoms with van der Waals surface area (Å²) in [5.41, 5.74) is 3.78. The Morgan fingerprint density at radius 2 is 1.38 bits per heavy atom. The van der Waals surface area contributed by atoms with Crippen molar-refractivity contribution in [1.82, 2.24) is 9.80 Å². The SMILES string of the molecule is C[N+](C)(CCCCN1CCC(OC(=O)Nc2ccccc2-c2ccccc2)CC1)CCN1C(=O)c2ccccc2C1=O. The van der Waals surface area contributed by atoms with Gasteiger partial charge >= 0.3 is 6.09 Å². The Kier molecular flexibility index (Phi) is 9.35. The van der Waals surface area contributed by atoms with E-state index in [1.807, 2.05) is 54.6 Å². The molecule has 0 saturated carbocycles. The van der Waals surface area contributed by atoms with E-state index in [4.69, 9.17) is 4.74 Å². The number of nitrogens with zero attached hydrogens (tertiary/aromatic N) is 3. The number of likely N-dealkylation sites (N-methyl/N-ethyl adjacent to an activating group) is 1. The van der Waals surface area contributed by atoms with Crippen LogP contribution in [0.5, 0.6) is 0 Å². The molecule has 1 N–H and O–H groups in total. The van der Waals surface area contributed by atoms with E-state index in [1.165, 1.54) is 4.90 Å². The van der Waals surface area contributed by atoms with Gasteiger partial charge in [0.25, 0.3) is 11.8 Å². The number of amides is 3. The van der Waals surface area contributed by atoms with E-state index >= 15 is 0 Å². The summed E-state index contributed by atoms with van der Waals surface area (Å²) in [5.74, 6) is -0.366. The Bertz CT molecular complexity index is 1360. The van der Waals surface area contributed by atoms with Gasteiger partial charge in [-0.25, -0.2) is 4.79 Å². The Morgan fingerprint density at radius 1 is 0.786 bits per heavy atom. The summed E-state index contributed by atoms with van der Waals surface area (Å²) in [4.78, 5) is 41.8. The van der Waals surface area contributed by atoms with Crippen LogP contribution in [0.25, 0.3) is 11.1 Å². The number of para-hydroxylation sites is 1.